The maximum Gasteiger partial charge on any atom is 0.236 e. The van der Waals surface area contributed by atoms with Crippen molar-refractivity contribution in [2.45, 2.75) is 76.5 Å². The fourth-order valence-corrected chi connectivity index (χ4v) is 7.52. The molecule has 2 heterocycles. The van der Waals surface area contributed by atoms with Gasteiger partial charge in [0, 0.05) is 32.7 Å². The lowest BCUT2D eigenvalue weighted by atomic mass is 9.84. The minimum atomic E-state index is -0.443. The van der Waals surface area contributed by atoms with Crippen LogP contribution in [0, 0.1) is 17.2 Å². The van der Waals surface area contributed by atoms with Gasteiger partial charge in [-0.25, -0.2) is 4.98 Å². The lowest BCUT2D eigenvalue weighted by molar-refractivity contribution is -0.129. The maximum atomic E-state index is 12.6. The van der Waals surface area contributed by atoms with E-state index in [1.807, 2.05) is 31.0 Å². The second-order valence-corrected chi connectivity index (χ2v) is 12.3. The van der Waals surface area contributed by atoms with E-state index >= 15 is 0 Å². The summed E-state index contributed by atoms with van der Waals surface area (Å²) in [5.74, 6) is 0.460. The highest BCUT2D eigenvalue weighted by Gasteiger charge is 2.58. The number of amides is 1. The molecule has 3 unspecified atom stereocenters. The summed E-state index contributed by atoms with van der Waals surface area (Å²) in [5.41, 5.74) is 5.47. The zero-order valence-corrected chi connectivity index (χ0v) is 23.2. The summed E-state index contributed by atoms with van der Waals surface area (Å²) in [5, 5.41) is 14.4. The third-order valence-electron chi connectivity index (χ3n) is 8.42. The van der Waals surface area contributed by atoms with Crippen molar-refractivity contribution in [2.24, 2.45) is 5.92 Å². The monoisotopic (exact) mass is 530 g/mol. The molecule has 7 heteroatoms. The van der Waals surface area contributed by atoms with Gasteiger partial charge < -0.3 is 15.0 Å². The number of hydrogen-bond donors (Lipinski definition) is 1. The number of hydrogen-bond acceptors (Lipinski definition) is 6. The van der Waals surface area contributed by atoms with Crippen LogP contribution in [0.3, 0.4) is 0 Å². The van der Waals surface area contributed by atoms with Crippen LogP contribution in [-0.4, -0.2) is 47.1 Å². The van der Waals surface area contributed by atoms with Crippen molar-refractivity contribution in [3.63, 3.8) is 0 Å². The number of rotatable bonds is 7. The molecule has 0 spiro atoms. The lowest BCUT2D eigenvalue weighted by Crippen LogP contribution is -2.38. The van der Waals surface area contributed by atoms with E-state index in [-0.39, 0.29) is 25.4 Å². The second-order valence-electron chi connectivity index (χ2n) is 11.3. The first-order valence-electron chi connectivity index (χ1n) is 14.1. The van der Waals surface area contributed by atoms with Gasteiger partial charge in [-0.3, -0.25) is 4.79 Å². The van der Waals surface area contributed by atoms with Crippen LogP contribution in [0.15, 0.2) is 42.1 Å². The van der Waals surface area contributed by atoms with Crippen LogP contribution in [-0.2, 0) is 16.0 Å². The van der Waals surface area contributed by atoms with Gasteiger partial charge in [0.05, 0.1) is 29.2 Å². The number of allylic oxidation sites excluding steroid dienone is 2. The van der Waals surface area contributed by atoms with E-state index in [0.717, 1.165) is 62.2 Å². The number of benzene rings is 1. The Morgan fingerprint density at radius 1 is 1.34 bits per heavy atom. The molecule has 1 saturated carbocycles. The van der Waals surface area contributed by atoms with E-state index in [4.69, 9.17) is 9.72 Å². The smallest absolute Gasteiger partial charge is 0.236 e. The van der Waals surface area contributed by atoms with Crippen LogP contribution in [0.4, 0.5) is 0 Å². The van der Waals surface area contributed by atoms with Gasteiger partial charge in [-0.2, -0.15) is 5.26 Å². The summed E-state index contributed by atoms with van der Waals surface area (Å²) >= 11 is 1.74. The van der Waals surface area contributed by atoms with Crippen LogP contribution in [0.2, 0.25) is 0 Å². The number of nitriles is 1. The summed E-state index contributed by atoms with van der Waals surface area (Å²) in [6.07, 6.45) is 13.5. The normalized spacial score (nSPS) is 26.2. The highest BCUT2D eigenvalue weighted by Crippen LogP contribution is 2.56. The first kappa shape index (κ1) is 25.5. The number of nitrogens with zero attached hydrogens (tertiary/aromatic N) is 3. The SMILES string of the molecule is CC(C)OC12CC1C=C(c1ncc(-c3cccc4c3CCCC4NCC(=O)N3CCCC3)s1)CC=C2C#N.[HH]. The van der Waals surface area contributed by atoms with Crippen molar-refractivity contribution < 1.29 is 11.0 Å². The second kappa shape index (κ2) is 10.4. The highest BCUT2D eigenvalue weighted by molar-refractivity contribution is 7.16. The van der Waals surface area contributed by atoms with Crippen LogP contribution in [0.5, 0.6) is 0 Å². The average molecular weight is 531 g/mol. The Bertz CT molecular complexity index is 1340. The average Bonchev–Trinajstić information content (AvgIpc) is 3.28. The molecule has 200 valence electrons. The molecule has 4 aliphatic rings. The Morgan fingerprint density at radius 2 is 2.18 bits per heavy atom. The van der Waals surface area contributed by atoms with Gasteiger partial charge >= 0.3 is 0 Å². The zero-order valence-electron chi connectivity index (χ0n) is 22.3. The van der Waals surface area contributed by atoms with E-state index in [9.17, 15) is 10.1 Å². The molecule has 1 aliphatic heterocycles. The number of likely N-dealkylation sites (tertiary alicyclic amines) is 1. The van der Waals surface area contributed by atoms with Crippen molar-refractivity contribution in [1.29, 1.82) is 5.26 Å². The molecule has 1 saturated heterocycles. The van der Waals surface area contributed by atoms with E-state index in [0.29, 0.717) is 13.0 Å². The third-order valence-corrected chi connectivity index (χ3v) is 9.53. The Hall–Kier alpha value is -2.79. The Kier molecular flexibility index (Phi) is 6.98. The molecule has 38 heavy (non-hydrogen) atoms. The van der Waals surface area contributed by atoms with E-state index < -0.39 is 5.60 Å². The predicted octanol–water partition coefficient (Wildman–Crippen LogP) is 6.07. The Balaban J connectivity index is 0.00000308. The molecule has 2 aromatic rings. The number of aromatic nitrogens is 1. The first-order chi connectivity index (χ1) is 18.5. The molecule has 3 atom stereocenters. The molecule has 6 nitrogen and oxygen atoms in total. The van der Waals surface area contributed by atoms with Gasteiger partial charge in [0.15, 0.2) is 0 Å². The minimum Gasteiger partial charge on any atom is -0.366 e. The number of carbonyl (C=O) groups is 1. The lowest BCUT2D eigenvalue weighted by Gasteiger charge is -2.28. The van der Waals surface area contributed by atoms with Gasteiger partial charge in [0.1, 0.15) is 10.6 Å². The molecule has 6 rings (SSSR count). The molecule has 0 bridgehead atoms. The molecular formula is C31H38N4O2S. The quantitative estimate of drug-likeness (QED) is 0.470. The third kappa shape index (κ3) is 4.75. The van der Waals surface area contributed by atoms with E-state index in [1.54, 1.807) is 11.3 Å². The van der Waals surface area contributed by atoms with Crippen molar-refractivity contribution >= 4 is 22.8 Å². The molecule has 3 aliphatic carbocycles. The van der Waals surface area contributed by atoms with Crippen molar-refractivity contribution in [1.82, 2.24) is 15.2 Å². The number of ether oxygens (including phenoxy) is 1. The zero-order chi connectivity index (χ0) is 26.3. The first-order valence-corrected chi connectivity index (χ1v) is 14.9. The number of nitrogens with one attached hydrogen (secondary N) is 1. The topological polar surface area (TPSA) is 78.2 Å². The fraction of sp³-hybridized carbons (Fsp3) is 0.516. The number of thiazole rings is 1. The molecule has 1 aromatic carbocycles. The molecule has 0 radical (unpaired) electrons. The molecule has 1 aromatic heterocycles. The number of fused-ring (bicyclic) bond motifs is 2. The molecule has 2 fully saturated rings. The Labute approximate surface area is 230 Å². The summed E-state index contributed by atoms with van der Waals surface area (Å²) in [6.45, 7) is 6.28. The largest absolute Gasteiger partial charge is 0.366 e. The molecule has 1 amide bonds. The van der Waals surface area contributed by atoms with Crippen molar-refractivity contribution in [2.75, 3.05) is 19.6 Å². The van der Waals surface area contributed by atoms with E-state index in [2.05, 4.69) is 35.7 Å². The van der Waals surface area contributed by atoms with Crippen molar-refractivity contribution in [3.8, 4) is 16.5 Å². The van der Waals surface area contributed by atoms with Gasteiger partial charge in [-0.15, -0.1) is 11.3 Å². The summed E-state index contributed by atoms with van der Waals surface area (Å²) in [4.78, 5) is 20.6. The standard InChI is InChI=1S/C31H36N4O2S.H2/c1-20(2)37-31-16-23(31)15-21(11-12-22(31)17-32)30-34-18-28(38-30)26-9-5-8-25-24(26)7-6-10-27(25)33-19-29(36)35-13-3-4-14-35;/h5,8-9,12,15,18,20,23,27,33H,3-4,6-7,10-11,13-14,16,19H2,1-2H3;1H. The van der Waals surface area contributed by atoms with Crippen LogP contribution >= 0.6 is 11.3 Å². The van der Waals surface area contributed by atoms with Gasteiger partial charge in [-0.05, 0) is 81.1 Å². The Morgan fingerprint density at radius 3 is 2.97 bits per heavy atom. The summed E-state index contributed by atoms with van der Waals surface area (Å²) in [7, 11) is 0. The maximum absolute atomic E-state index is 12.6. The van der Waals surface area contributed by atoms with E-state index in [1.165, 1.54) is 27.1 Å². The van der Waals surface area contributed by atoms with Crippen molar-refractivity contribution in [3.05, 3.63) is 58.3 Å². The minimum absolute atomic E-state index is 0. The molecule has 1 N–H and O–H groups in total. The van der Waals surface area contributed by atoms with Crippen LogP contribution < -0.4 is 5.32 Å². The fourth-order valence-electron chi connectivity index (χ4n) is 6.51. The van der Waals surface area contributed by atoms with Gasteiger partial charge in [0.2, 0.25) is 5.91 Å². The predicted molar refractivity (Wildman–Crippen MR) is 153 cm³/mol. The molecular weight excluding hydrogens is 492 g/mol. The van der Waals surface area contributed by atoms with Crippen LogP contribution in [0.25, 0.3) is 16.0 Å². The van der Waals surface area contributed by atoms with Crippen LogP contribution in [0.1, 0.15) is 76.0 Å². The summed E-state index contributed by atoms with van der Waals surface area (Å²) < 4.78 is 6.25. The summed E-state index contributed by atoms with van der Waals surface area (Å²) in [6, 6.07) is 9.20. The van der Waals surface area contributed by atoms with Gasteiger partial charge in [0.25, 0.3) is 0 Å². The number of carbonyl (C=O) groups excluding carboxylic acids is 1. The highest BCUT2D eigenvalue weighted by atomic mass is 32.1. The van der Waals surface area contributed by atoms with Gasteiger partial charge in [-0.1, -0.05) is 30.4 Å².